The zero-order chi connectivity index (χ0) is 15.3. The zero-order valence-electron chi connectivity index (χ0n) is 13.6. The maximum absolute atomic E-state index is 5.83. The Hall–Kier alpha value is -0.433. The van der Waals surface area contributed by atoms with E-state index in [1.165, 1.54) is 0 Å². The van der Waals surface area contributed by atoms with Crippen molar-refractivity contribution in [3.05, 3.63) is 0 Å². The van der Waals surface area contributed by atoms with Crippen LogP contribution in [0.25, 0.3) is 0 Å². The number of nitrogens with zero attached hydrogens (tertiary/aromatic N) is 1. The summed E-state index contributed by atoms with van der Waals surface area (Å²) in [7, 11) is -2.43. The molecular formula is C14H32N2O3Si. The molecule has 0 fully saturated rings. The van der Waals surface area contributed by atoms with Crippen LogP contribution in [0.1, 0.15) is 53.4 Å². The molecule has 0 radical (unpaired) electrons. The molecule has 0 spiro atoms. The summed E-state index contributed by atoms with van der Waals surface area (Å²) < 4.78 is 17.5. The van der Waals surface area contributed by atoms with Gasteiger partial charge in [0.05, 0.1) is 5.84 Å². The molecule has 6 heteroatoms. The number of amidine groups is 1. The third kappa shape index (κ3) is 9.47. The van der Waals surface area contributed by atoms with E-state index in [2.05, 4.69) is 4.99 Å². The molecule has 0 aliphatic rings. The lowest BCUT2D eigenvalue weighted by Gasteiger charge is -2.28. The molecule has 0 atom stereocenters. The second-order valence-electron chi connectivity index (χ2n) is 4.67. The van der Waals surface area contributed by atoms with Gasteiger partial charge < -0.3 is 19.0 Å². The summed E-state index contributed by atoms with van der Waals surface area (Å²) in [6.07, 6.45) is 4.48. The zero-order valence-corrected chi connectivity index (χ0v) is 14.6. The first-order chi connectivity index (χ1) is 9.60. The highest BCUT2D eigenvalue weighted by Crippen LogP contribution is 2.20. The van der Waals surface area contributed by atoms with Crippen LogP contribution < -0.4 is 5.73 Å². The largest absolute Gasteiger partial charge is 0.500 e. The minimum absolute atomic E-state index is 0.650. The molecule has 0 amide bonds. The van der Waals surface area contributed by atoms with Crippen LogP contribution in [0.5, 0.6) is 0 Å². The Morgan fingerprint density at radius 3 is 1.85 bits per heavy atom. The number of hydrogen-bond donors (Lipinski definition) is 1. The minimum atomic E-state index is -2.43. The van der Waals surface area contributed by atoms with E-state index in [-0.39, 0.29) is 0 Å². The normalized spacial score (nSPS) is 12.9. The maximum atomic E-state index is 5.83. The molecule has 0 saturated heterocycles. The summed E-state index contributed by atoms with van der Waals surface area (Å²) in [5.74, 6) is 0.667. The summed E-state index contributed by atoms with van der Waals surface area (Å²) in [6, 6.07) is 0.904. The highest BCUT2D eigenvalue weighted by Gasteiger charge is 2.39. The van der Waals surface area contributed by atoms with Gasteiger partial charge in [0.25, 0.3) is 0 Å². The average Bonchev–Trinajstić information content (AvgIpc) is 2.38. The smallest absolute Gasteiger partial charge is 0.388 e. The van der Waals surface area contributed by atoms with E-state index >= 15 is 0 Å². The maximum Gasteiger partial charge on any atom is 0.500 e. The van der Waals surface area contributed by atoms with Gasteiger partial charge in [-0.15, -0.1) is 0 Å². The van der Waals surface area contributed by atoms with Gasteiger partial charge in [0.15, 0.2) is 0 Å². The van der Waals surface area contributed by atoms with Gasteiger partial charge in [0.1, 0.15) is 0 Å². The molecule has 0 aromatic heterocycles. The van der Waals surface area contributed by atoms with Gasteiger partial charge in [0, 0.05) is 32.4 Å². The van der Waals surface area contributed by atoms with Crippen LogP contribution in [0.3, 0.4) is 0 Å². The Morgan fingerprint density at radius 1 is 0.900 bits per heavy atom. The molecule has 120 valence electrons. The fourth-order valence-corrected chi connectivity index (χ4v) is 4.75. The summed E-state index contributed by atoms with van der Waals surface area (Å²) in [4.78, 5) is 4.19. The monoisotopic (exact) mass is 304 g/mol. The van der Waals surface area contributed by atoms with E-state index in [1.54, 1.807) is 0 Å². The van der Waals surface area contributed by atoms with E-state index in [0.29, 0.717) is 25.7 Å². The number of aliphatic imine (C=N–C) groups is 1. The molecule has 0 aromatic rings. The third-order valence-corrected chi connectivity index (χ3v) is 6.00. The van der Waals surface area contributed by atoms with Crippen molar-refractivity contribution in [2.24, 2.45) is 10.7 Å². The SMILES string of the molecule is CCO[Si](CCCCCCN=C(C)N)(OCC)OCC. The lowest BCUT2D eigenvalue weighted by molar-refractivity contribution is 0.0706. The van der Waals surface area contributed by atoms with Gasteiger partial charge >= 0.3 is 8.80 Å². The van der Waals surface area contributed by atoms with Crippen molar-refractivity contribution in [2.75, 3.05) is 26.4 Å². The summed E-state index contributed by atoms with van der Waals surface area (Å²) >= 11 is 0. The predicted octanol–water partition coefficient (Wildman–Crippen LogP) is 2.97. The number of hydrogen-bond acceptors (Lipinski definition) is 4. The highest BCUT2D eigenvalue weighted by atomic mass is 28.4. The van der Waals surface area contributed by atoms with Gasteiger partial charge in [-0.05, 0) is 40.5 Å². The first-order valence-corrected chi connectivity index (χ1v) is 9.71. The molecule has 5 nitrogen and oxygen atoms in total. The summed E-state index contributed by atoms with van der Waals surface area (Å²) in [6.45, 7) is 10.6. The fraction of sp³-hybridized carbons (Fsp3) is 0.929. The second-order valence-corrected chi connectivity index (χ2v) is 7.40. The van der Waals surface area contributed by atoms with Gasteiger partial charge in [-0.1, -0.05) is 12.8 Å². The third-order valence-electron chi connectivity index (χ3n) is 2.85. The second kappa shape index (κ2) is 12.3. The Morgan fingerprint density at radius 2 is 1.40 bits per heavy atom. The molecule has 0 aliphatic carbocycles. The Balaban J connectivity index is 3.97. The molecule has 0 rings (SSSR count). The minimum Gasteiger partial charge on any atom is -0.388 e. The average molecular weight is 305 g/mol. The van der Waals surface area contributed by atoms with Gasteiger partial charge in [0.2, 0.25) is 0 Å². The van der Waals surface area contributed by atoms with Crippen LogP contribution in [-0.2, 0) is 13.3 Å². The standard InChI is InChI=1S/C14H32N2O3Si/c1-5-17-20(18-6-2,19-7-3)13-11-9-8-10-12-16-14(4)15/h5-13H2,1-4H3,(H2,15,16). The van der Waals surface area contributed by atoms with Crippen LogP contribution in [0.4, 0.5) is 0 Å². The Bertz CT molecular complexity index is 242. The predicted molar refractivity (Wildman–Crippen MR) is 86.1 cm³/mol. The van der Waals surface area contributed by atoms with Crippen LogP contribution in [0.2, 0.25) is 6.04 Å². The van der Waals surface area contributed by atoms with Crippen LogP contribution >= 0.6 is 0 Å². The number of nitrogens with two attached hydrogens (primary N) is 1. The Labute approximate surface area is 125 Å². The number of unbranched alkanes of at least 4 members (excludes halogenated alkanes) is 3. The fourth-order valence-electron chi connectivity index (χ4n) is 2.06. The molecule has 0 aromatic carbocycles. The summed E-state index contributed by atoms with van der Waals surface area (Å²) in [5.41, 5.74) is 5.50. The first-order valence-electron chi connectivity index (χ1n) is 7.78. The van der Waals surface area contributed by atoms with Gasteiger partial charge in [-0.3, -0.25) is 4.99 Å². The first kappa shape index (κ1) is 19.6. The molecule has 20 heavy (non-hydrogen) atoms. The molecule has 2 N–H and O–H groups in total. The molecular weight excluding hydrogens is 272 g/mol. The lowest BCUT2D eigenvalue weighted by Crippen LogP contribution is -2.45. The van der Waals surface area contributed by atoms with E-state index < -0.39 is 8.80 Å². The molecule has 0 aliphatic heterocycles. The topological polar surface area (TPSA) is 66.1 Å². The van der Waals surface area contributed by atoms with E-state index in [0.717, 1.165) is 38.3 Å². The van der Waals surface area contributed by atoms with E-state index in [4.69, 9.17) is 19.0 Å². The molecule has 0 heterocycles. The van der Waals surface area contributed by atoms with Crippen LogP contribution in [-0.4, -0.2) is 41.0 Å². The van der Waals surface area contributed by atoms with Crippen LogP contribution in [0.15, 0.2) is 4.99 Å². The molecule has 0 bridgehead atoms. The summed E-state index contributed by atoms with van der Waals surface area (Å²) in [5, 5.41) is 0. The van der Waals surface area contributed by atoms with Crippen molar-refractivity contribution >= 4 is 14.6 Å². The van der Waals surface area contributed by atoms with Crippen molar-refractivity contribution in [2.45, 2.75) is 59.4 Å². The van der Waals surface area contributed by atoms with Crippen LogP contribution in [0, 0.1) is 0 Å². The van der Waals surface area contributed by atoms with Crippen molar-refractivity contribution in [3.8, 4) is 0 Å². The molecule has 0 saturated carbocycles. The van der Waals surface area contributed by atoms with E-state index in [9.17, 15) is 0 Å². The highest BCUT2D eigenvalue weighted by molar-refractivity contribution is 6.60. The van der Waals surface area contributed by atoms with Crippen molar-refractivity contribution in [1.82, 2.24) is 0 Å². The van der Waals surface area contributed by atoms with Crippen molar-refractivity contribution in [1.29, 1.82) is 0 Å². The Kier molecular flexibility index (Phi) is 12.1. The van der Waals surface area contributed by atoms with Crippen molar-refractivity contribution < 1.29 is 13.3 Å². The quantitative estimate of drug-likeness (QED) is 0.246. The van der Waals surface area contributed by atoms with Gasteiger partial charge in [-0.2, -0.15) is 0 Å². The van der Waals surface area contributed by atoms with Gasteiger partial charge in [-0.25, -0.2) is 0 Å². The molecule has 0 unspecified atom stereocenters. The van der Waals surface area contributed by atoms with E-state index in [1.807, 2.05) is 27.7 Å². The number of rotatable bonds is 13. The lowest BCUT2D eigenvalue weighted by atomic mass is 10.2. The van der Waals surface area contributed by atoms with Crippen molar-refractivity contribution in [3.63, 3.8) is 0 Å².